The van der Waals surface area contributed by atoms with E-state index in [0.29, 0.717) is 12.8 Å². The minimum Gasteiger partial charge on any atom is -0.462 e. The van der Waals surface area contributed by atoms with Crippen molar-refractivity contribution in [3.05, 3.63) is 57.0 Å². The number of halogens is 4. The third kappa shape index (κ3) is 4.92. The molecule has 4 nitrogen and oxygen atoms in total. The molecule has 30 heavy (non-hydrogen) atoms. The Morgan fingerprint density at radius 3 is 2.83 bits per heavy atom. The maximum absolute atomic E-state index is 13.3. The minimum atomic E-state index is -4.71. The summed E-state index contributed by atoms with van der Waals surface area (Å²) in [6, 6.07) is 0.743. The number of nitrogens with one attached hydrogen (secondary N) is 1. The number of thioether (sulfide) groups is 1. The molecule has 2 atom stereocenters. The van der Waals surface area contributed by atoms with Crippen LogP contribution < -0.4 is 10.1 Å². The van der Waals surface area contributed by atoms with Crippen LogP contribution in [0.1, 0.15) is 32.3 Å². The molecule has 0 bridgehead atoms. The molecule has 1 aliphatic heterocycles. The Labute approximate surface area is 182 Å². The van der Waals surface area contributed by atoms with E-state index in [1.54, 1.807) is 18.7 Å². The second-order valence-electron chi connectivity index (χ2n) is 7.62. The van der Waals surface area contributed by atoms with Crippen molar-refractivity contribution >= 4 is 29.6 Å². The summed E-state index contributed by atoms with van der Waals surface area (Å²) >= 11 is 7.37. The van der Waals surface area contributed by atoms with E-state index < -0.39 is 23.2 Å². The lowest BCUT2D eigenvalue weighted by molar-refractivity contribution is -0.142. The summed E-state index contributed by atoms with van der Waals surface area (Å²) in [4.78, 5) is 16.8. The van der Waals surface area contributed by atoms with Gasteiger partial charge in [0, 0.05) is 24.7 Å². The number of fused-ring (bicyclic) bond motifs is 1. The number of pyridine rings is 1. The first-order valence-electron chi connectivity index (χ1n) is 9.44. The molecular formula is C21H22ClF3N2O2S. The molecule has 2 aliphatic rings. The number of allylic oxidation sites excluding steroid dienone is 4. The van der Waals surface area contributed by atoms with E-state index in [9.17, 15) is 18.0 Å². The number of hydrogen-bond donors (Lipinski definition) is 1. The lowest BCUT2D eigenvalue weighted by Crippen LogP contribution is -2.48. The fourth-order valence-electron chi connectivity index (χ4n) is 3.42. The summed E-state index contributed by atoms with van der Waals surface area (Å²) in [6.45, 7) is 4.38. The van der Waals surface area contributed by atoms with Crippen molar-refractivity contribution in [1.82, 2.24) is 10.3 Å². The minimum absolute atomic E-state index is 0.0196. The highest BCUT2D eigenvalue weighted by molar-refractivity contribution is 8.06. The topological polar surface area (TPSA) is 51.2 Å². The van der Waals surface area contributed by atoms with Gasteiger partial charge in [-0.3, -0.25) is 4.79 Å². The molecule has 0 fully saturated rings. The standard InChI is InChI=1S/C21H22ClF3N2O2S/c1-3-20(13-28,29-18-16(21(23,24)25)8-15(22)11-27-18)12-26-10-14-4-5-17-19(2,9-14)6-7-30-17/h4-8,11,13,26H,3,9-10,12H2,1-2H3/t19?,20-/m1/s1. The molecule has 3 rings (SSSR count). The van der Waals surface area contributed by atoms with Crippen LogP contribution in [-0.2, 0) is 11.0 Å². The third-order valence-electron chi connectivity index (χ3n) is 5.27. The van der Waals surface area contributed by atoms with Gasteiger partial charge in [-0.1, -0.05) is 49.2 Å². The molecule has 1 N–H and O–H groups in total. The van der Waals surface area contributed by atoms with Gasteiger partial charge in [-0.25, -0.2) is 4.98 Å². The smallest absolute Gasteiger partial charge is 0.421 e. The number of carbonyl (C=O) groups is 1. The molecule has 0 saturated carbocycles. The summed E-state index contributed by atoms with van der Waals surface area (Å²) in [7, 11) is 0. The zero-order chi connectivity index (χ0) is 22.0. The highest BCUT2D eigenvalue weighted by Gasteiger charge is 2.39. The molecule has 0 aromatic carbocycles. The van der Waals surface area contributed by atoms with E-state index in [1.165, 1.54) is 4.91 Å². The Kier molecular flexibility index (Phi) is 6.69. The maximum atomic E-state index is 13.3. The Bertz CT molecular complexity index is 916. The van der Waals surface area contributed by atoms with Gasteiger partial charge in [-0.15, -0.1) is 11.8 Å². The van der Waals surface area contributed by atoms with Crippen molar-refractivity contribution in [2.24, 2.45) is 5.41 Å². The fourth-order valence-corrected chi connectivity index (χ4v) is 4.65. The second-order valence-corrected chi connectivity index (χ2v) is 9.00. The van der Waals surface area contributed by atoms with Gasteiger partial charge >= 0.3 is 6.18 Å². The summed E-state index contributed by atoms with van der Waals surface area (Å²) in [5.74, 6) is -0.660. The Morgan fingerprint density at radius 2 is 2.17 bits per heavy atom. The molecule has 0 saturated heterocycles. The van der Waals surface area contributed by atoms with Crippen molar-refractivity contribution in [3.8, 4) is 5.88 Å². The van der Waals surface area contributed by atoms with Crippen molar-refractivity contribution in [3.63, 3.8) is 0 Å². The van der Waals surface area contributed by atoms with E-state index in [4.69, 9.17) is 16.3 Å². The molecule has 1 aliphatic carbocycles. The molecular weight excluding hydrogens is 437 g/mol. The van der Waals surface area contributed by atoms with Crippen LogP contribution >= 0.6 is 23.4 Å². The number of nitrogens with zero attached hydrogens (tertiary/aromatic N) is 1. The van der Waals surface area contributed by atoms with Gasteiger partial charge in [-0.05, 0) is 29.2 Å². The number of aldehydes is 1. The van der Waals surface area contributed by atoms with Gasteiger partial charge < -0.3 is 10.1 Å². The van der Waals surface area contributed by atoms with Crippen molar-refractivity contribution in [2.75, 3.05) is 13.1 Å². The highest BCUT2D eigenvalue weighted by atomic mass is 35.5. The van der Waals surface area contributed by atoms with E-state index in [2.05, 4.69) is 34.8 Å². The molecule has 162 valence electrons. The summed E-state index contributed by atoms with van der Waals surface area (Å²) in [6.07, 6.45) is 4.20. The van der Waals surface area contributed by atoms with Crippen LogP contribution in [0.25, 0.3) is 0 Å². The monoisotopic (exact) mass is 458 g/mol. The fraction of sp³-hybridized carbons (Fsp3) is 0.429. The van der Waals surface area contributed by atoms with Gasteiger partial charge in [0.15, 0.2) is 11.9 Å². The van der Waals surface area contributed by atoms with Crippen LogP contribution in [0.4, 0.5) is 13.2 Å². The molecule has 0 spiro atoms. The first-order valence-corrected chi connectivity index (χ1v) is 10.7. The SMILES string of the molecule is CC[C@](C=O)(CNCC1=CC=C2SC=CC2(C)C1)Oc1ncc(Cl)cc1C(F)(F)F. The van der Waals surface area contributed by atoms with Crippen molar-refractivity contribution < 1.29 is 22.7 Å². The molecule has 0 radical (unpaired) electrons. The zero-order valence-electron chi connectivity index (χ0n) is 16.6. The summed E-state index contributed by atoms with van der Waals surface area (Å²) in [5, 5.41) is 5.08. The molecule has 9 heteroatoms. The van der Waals surface area contributed by atoms with Crippen LogP contribution in [0, 0.1) is 5.41 Å². The van der Waals surface area contributed by atoms with Gasteiger partial charge in [0.25, 0.3) is 0 Å². The molecule has 2 heterocycles. The van der Waals surface area contributed by atoms with E-state index in [0.717, 1.165) is 24.3 Å². The van der Waals surface area contributed by atoms with Gasteiger partial charge in [0.1, 0.15) is 5.56 Å². The highest BCUT2D eigenvalue weighted by Crippen LogP contribution is 2.49. The molecule has 1 aromatic rings. The first-order chi connectivity index (χ1) is 14.1. The average molecular weight is 459 g/mol. The van der Waals surface area contributed by atoms with E-state index in [1.807, 2.05) is 6.08 Å². The molecule has 0 amide bonds. The van der Waals surface area contributed by atoms with E-state index >= 15 is 0 Å². The summed E-state index contributed by atoms with van der Waals surface area (Å²) < 4.78 is 45.6. The van der Waals surface area contributed by atoms with Crippen LogP contribution in [-0.4, -0.2) is 30.0 Å². The van der Waals surface area contributed by atoms with Crippen LogP contribution in [0.15, 0.2) is 46.4 Å². The van der Waals surface area contributed by atoms with Gasteiger partial charge in [0.05, 0.1) is 5.02 Å². The third-order valence-corrected chi connectivity index (χ3v) is 6.61. The molecule has 1 unspecified atom stereocenters. The number of hydrogen-bond acceptors (Lipinski definition) is 5. The second kappa shape index (κ2) is 8.77. The lowest BCUT2D eigenvalue weighted by Gasteiger charge is -2.31. The number of carbonyl (C=O) groups excluding carboxylic acids is 1. The van der Waals surface area contributed by atoms with Gasteiger partial charge in [-0.2, -0.15) is 13.2 Å². The van der Waals surface area contributed by atoms with Crippen LogP contribution in [0.5, 0.6) is 5.88 Å². The lowest BCUT2D eigenvalue weighted by atomic mass is 9.80. The molecule has 1 aromatic heterocycles. The average Bonchev–Trinajstić information content (AvgIpc) is 3.08. The maximum Gasteiger partial charge on any atom is 0.421 e. The normalized spacial score (nSPS) is 22.7. The summed E-state index contributed by atoms with van der Waals surface area (Å²) in [5.41, 5.74) is -1.47. The Morgan fingerprint density at radius 1 is 1.40 bits per heavy atom. The van der Waals surface area contributed by atoms with Gasteiger partial charge in [0.2, 0.25) is 5.88 Å². The number of rotatable bonds is 8. The predicted octanol–water partition coefficient (Wildman–Crippen LogP) is 5.55. The number of aromatic nitrogens is 1. The first kappa shape index (κ1) is 22.9. The number of alkyl halides is 3. The van der Waals surface area contributed by atoms with Crippen LogP contribution in [0.2, 0.25) is 5.02 Å². The van der Waals surface area contributed by atoms with E-state index in [-0.39, 0.29) is 23.4 Å². The van der Waals surface area contributed by atoms with Crippen LogP contribution in [0.3, 0.4) is 0 Å². The Balaban J connectivity index is 1.70. The van der Waals surface area contributed by atoms with Crippen molar-refractivity contribution in [1.29, 1.82) is 0 Å². The zero-order valence-corrected chi connectivity index (χ0v) is 18.1. The number of ether oxygens (including phenoxy) is 1. The Hall–Kier alpha value is -1.77. The largest absolute Gasteiger partial charge is 0.462 e. The predicted molar refractivity (Wildman–Crippen MR) is 112 cm³/mol. The quantitative estimate of drug-likeness (QED) is 0.517. The van der Waals surface area contributed by atoms with Crippen molar-refractivity contribution in [2.45, 2.75) is 38.5 Å².